The molecule has 2 rings (SSSR count). The number of esters is 1. The van der Waals surface area contributed by atoms with Crippen molar-refractivity contribution in [2.75, 3.05) is 14.2 Å². The van der Waals surface area contributed by atoms with E-state index in [4.69, 9.17) is 19.5 Å². The molecular formula is C15H17NO4. The molecule has 1 fully saturated rings. The van der Waals surface area contributed by atoms with Crippen molar-refractivity contribution in [3.05, 3.63) is 23.8 Å². The Labute approximate surface area is 118 Å². The molecule has 20 heavy (non-hydrogen) atoms. The lowest BCUT2D eigenvalue weighted by atomic mass is 9.77. The zero-order chi connectivity index (χ0) is 14.6. The van der Waals surface area contributed by atoms with E-state index in [0.29, 0.717) is 17.1 Å². The topological polar surface area (TPSA) is 68.5 Å². The van der Waals surface area contributed by atoms with Gasteiger partial charge in [0.1, 0.15) is 17.1 Å². The highest BCUT2D eigenvalue weighted by molar-refractivity contribution is 5.70. The summed E-state index contributed by atoms with van der Waals surface area (Å²) in [5.74, 6) is 0.823. The van der Waals surface area contributed by atoms with Crippen molar-refractivity contribution in [1.82, 2.24) is 0 Å². The lowest BCUT2D eigenvalue weighted by Crippen LogP contribution is -2.45. The second-order valence-electron chi connectivity index (χ2n) is 4.90. The van der Waals surface area contributed by atoms with E-state index in [1.807, 2.05) is 0 Å². The molecule has 0 aromatic heterocycles. The van der Waals surface area contributed by atoms with Crippen LogP contribution in [0, 0.1) is 11.3 Å². The minimum absolute atomic E-state index is 0.225. The first kappa shape index (κ1) is 14.2. The Bertz CT molecular complexity index is 543. The van der Waals surface area contributed by atoms with Crippen molar-refractivity contribution in [1.29, 1.82) is 5.26 Å². The molecule has 1 saturated carbocycles. The summed E-state index contributed by atoms with van der Waals surface area (Å²) in [6, 6.07) is 7.08. The van der Waals surface area contributed by atoms with Crippen molar-refractivity contribution >= 4 is 5.97 Å². The first-order valence-corrected chi connectivity index (χ1v) is 6.46. The van der Waals surface area contributed by atoms with E-state index in [1.165, 1.54) is 14.2 Å². The third-order valence-corrected chi connectivity index (χ3v) is 3.54. The molecule has 0 aliphatic heterocycles. The van der Waals surface area contributed by atoms with Crippen LogP contribution in [-0.4, -0.2) is 25.8 Å². The lowest BCUT2D eigenvalue weighted by molar-refractivity contribution is -0.148. The summed E-state index contributed by atoms with van der Waals surface area (Å²) in [4.78, 5) is 11.5. The van der Waals surface area contributed by atoms with Gasteiger partial charge >= 0.3 is 5.97 Å². The Morgan fingerprint density at radius 1 is 1.30 bits per heavy atom. The van der Waals surface area contributed by atoms with Gasteiger partial charge in [-0.05, 0) is 31.4 Å². The highest BCUT2D eigenvalue weighted by Gasteiger charge is 2.42. The maximum Gasteiger partial charge on any atom is 0.309 e. The number of rotatable bonds is 5. The minimum Gasteiger partial charge on any atom is -0.497 e. The highest BCUT2D eigenvalue weighted by atomic mass is 16.5. The van der Waals surface area contributed by atoms with Crippen LogP contribution in [0.15, 0.2) is 18.2 Å². The molecule has 1 aromatic carbocycles. The van der Waals surface area contributed by atoms with Crippen LogP contribution in [-0.2, 0) is 9.53 Å². The molecule has 106 valence electrons. The first-order chi connectivity index (χ1) is 9.60. The Morgan fingerprint density at radius 2 is 2.00 bits per heavy atom. The van der Waals surface area contributed by atoms with Crippen molar-refractivity contribution in [3.8, 4) is 17.6 Å². The molecule has 0 unspecified atom stereocenters. The van der Waals surface area contributed by atoms with Gasteiger partial charge in [-0.3, -0.25) is 4.79 Å². The molecule has 0 bridgehead atoms. The van der Waals surface area contributed by atoms with Crippen LogP contribution in [0.4, 0.5) is 0 Å². The zero-order valence-corrected chi connectivity index (χ0v) is 11.6. The second kappa shape index (κ2) is 5.83. The number of nitriles is 1. The molecule has 1 aromatic rings. The van der Waals surface area contributed by atoms with Crippen LogP contribution in [0.2, 0.25) is 0 Å². The monoisotopic (exact) mass is 275 g/mol. The Hall–Kier alpha value is -2.22. The standard InChI is InChI=1S/C15H17NO4/c1-18-12-6-11(10-16)7-13(8-12)20-15(4-3-5-15)9-14(17)19-2/h6-8H,3-5,9H2,1-2H3. The average Bonchev–Trinajstić information content (AvgIpc) is 2.44. The number of hydrogen-bond donors (Lipinski definition) is 0. The number of methoxy groups -OCH3 is 2. The van der Waals surface area contributed by atoms with E-state index < -0.39 is 5.60 Å². The average molecular weight is 275 g/mol. The van der Waals surface area contributed by atoms with Gasteiger partial charge in [-0.2, -0.15) is 5.26 Å². The molecule has 0 amide bonds. The molecule has 0 radical (unpaired) electrons. The fraction of sp³-hybridized carbons (Fsp3) is 0.467. The molecule has 5 heteroatoms. The second-order valence-corrected chi connectivity index (χ2v) is 4.90. The van der Waals surface area contributed by atoms with E-state index >= 15 is 0 Å². The van der Waals surface area contributed by atoms with Crippen LogP contribution < -0.4 is 9.47 Å². The molecule has 0 spiro atoms. The number of hydrogen-bond acceptors (Lipinski definition) is 5. The fourth-order valence-electron chi connectivity index (χ4n) is 2.28. The van der Waals surface area contributed by atoms with Crippen molar-refractivity contribution in [2.24, 2.45) is 0 Å². The third-order valence-electron chi connectivity index (χ3n) is 3.54. The number of carbonyl (C=O) groups is 1. The van der Waals surface area contributed by atoms with Gasteiger partial charge in [0.15, 0.2) is 0 Å². The number of carbonyl (C=O) groups excluding carboxylic acids is 1. The van der Waals surface area contributed by atoms with Gasteiger partial charge in [-0.25, -0.2) is 0 Å². The molecule has 0 heterocycles. The Kier molecular flexibility index (Phi) is 4.14. The van der Waals surface area contributed by atoms with Crippen LogP contribution in [0.5, 0.6) is 11.5 Å². The van der Waals surface area contributed by atoms with E-state index in [1.54, 1.807) is 18.2 Å². The van der Waals surface area contributed by atoms with Crippen molar-refractivity contribution in [2.45, 2.75) is 31.3 Å². The summed E-state index contributed by atoms with van der Waals surface area (Å²) in [6.45, 7) is 0. The smallest absolute Gasteiger partial charge is 0.309 e. The number of nitrogens with zero attached hydrogens (tertiary/aromatic N) is 1. The predicted molar refractivity (Wildman–Crippen MR) is 71.6 cm³/mol. The number of ether oxygens (including phenoxy) is 3. The maximum atomic E-state index is 11.5. The van der Waals surface area contributed by atoms with Gasteiger partial charge in [-0.15, -0.1) is 0 Å². The molecule has 5 nitrogen and oxygen atoms in total. The van der Waals surface area contributed by atoms with Crippen molar-refractivity contribution in [3.63, 3.8) is 0 Å². The molecule has 0 atom stereocenters. The summed E-state index contributed by atoms with van der Waals surface area (Å²) < 4.78 is 15.8. The minimum atomic E-state index is -0.508. The first-order valence-electron chi connectivity index (χ1n) is 6.46. The van der Waals surface area contributed by atoms with Crippen LogP contribution in [0.1, 0.15) is 31.2 Å². The van der Waals surface area contributed by atoms with Crippen LogP contribution in [0.3, 0.4) is 0 Å². The molecular weight excluding hydrogens is 258 g/mol. The van der Waals surface area contributed by atoms with E-state index in [2.05, 4.69) is 6.07 Å². The molecule has 1 aliphatic carbocycles. The van der Waals surface area contributed by atoms with E-state index in [0.717, 1.165) is 19.3 Å². The zero-order valence-electron chi connectivity index (χ0n) is 11.6. The van der Waals surface area contributed by atoms with Crippen LogP contribution in [0.25, 0.3) is 0 Å². The summed E-state index contributed by atoms with van der Waals surface area (Å²) in [5.41, 5.74) is -0.0430. The molecule has 0 saturated heterocycles. The van der Waals surface area contributed by atoms with Gasteiger partial charge in [0.05, 0.1) is 32.3 Å². The highest BCUT2D eigenvalue weighted by Crippen LogP contribution is 2.40. The molecule has 1 aliphatic rings. The molecule has 0 N–H and O–H groups in total. The SMILES string of the molecule is COC(=O)CC1(Oc2cc(C#N)cc(OC)c2)CCC1. The van der Waals surface area contributed by atoms with Gasteiger partial charge in [0.25, 0.3) is 0 Å². The van der Waals surface area contributed by atoms with E-state index in [9.17, 15) is 4.79 Å². The normalized spacial score (nSPS) is 15.7. The van der Waals surface area contributed by atoms with Crippen LogP contribution >= 0.6 is 0 Å². The summed E-state index contributed by atoms with van der Waals surface area (Å²) in [6.07, 6.45) is 2.86. The van der Waals surface area contributed by atoms with Gasteiger partial charge in [0, 0.05) is 6.07 Å². The van der Waals surface area contributed by atoms with Crippen molar-refractivity contribution < 1.29 is 19.0 Å². The predicted octanol–water partition coefficient (Wildman–Crippen LogP) is 2.43. The Morgan fingerprint density at radius 3 is 2.50 bits per heavy atom. The third kappa shape index (κ3) is 3.02. The lowest BCUT2D eigenvalue weighted by Gasteiger charge is -2.41. The fourth-order valence-corrected chi connectivity index (χ4v) is 2.28. The Balaban J connectivity index is 2.19. The summed E-state index contributed by atoms with van der Waals surface area (Å²) in [5, 5.41) is 9.00. The quantitative estimate of drug-likeness (QED) is 0.772. The summed E-state index contributed by atoms with van der Waals surface area (Å²) >= 11 is 0. The number of benzene rings is 1. The maximum absolute atomic E-state index is 11.5. The van der Waals surface area contributed by atoms with Gasteiger partial charge < -0.3 is 14.2 Å². The largest absolute Gasteiger partial charge is 0.497 e. The van der Waals surface area contributed by atoms with Gasteiger partial charge in [-0.1, -0.05) is 0 Å². The van der Waals surface area contributed by atoms with E-state index in [-0.39, 0.29) is 12.4 Å². The van der Waals surface area contributed by atoms with Gasteiger partial charge in [0.2, 0.25) is 0 Å². The summed E-state index contributed by atoms with van der Waals surface area (Å²) in [7, 11) is 2.90.